The first kappa shape index (κ1) is 10.2. The van der Waals surface area contributed by atoms with Crippen LogP contribution < -0.4 is 5.73 Å². The first-order valence-corrected chi connectivity index (χ1v) is 5.23. The molecule has 0 heterocycles. The van der Waals surface area contributed by atoms with E-state index in [2.05, 4.69) is 0 Å². The van der Waals surface area contributed by atoms with Crippen LogP contribution >= 0.6 is 0 Å². The van der Waals surface area contributed by atoms with Gasteiger partial charge in [0.2, 0.25) is 5.91 Å². The zero-order valence-electron chi connectivity index (χ0n) is 8.89. The second kappa shape index (κ2) is 4.03. The monoisotopic (exact) mass is 204 g/mol. The normalized spacial score (nSPS) is 23.6. The van der Waals surface area contributed by atoms with Gasteiger partial charge in [-0.2, -0.15) is 0 Å². The van der Waals surface area contributed by atoms with Crippen molar-refractivity contribution in [1.82, 2.24) is 4.90 Å². The standard InChI is InChI=1S/C12H16N2O/c1-14(11-8-10(11)13)12(15)7-9-5-3-2-4-6-9/h2-6,10-11H,7-8,13H2,1H3. The summed E-state index contributed by atoms with van der Waals surface area (Å²) in [5, 5.41) is 0. The van der Waals surface area contributed by atoms with E-state index < -0.39 is 0 Å². The van der Waals surface area contributed by atoms with Crippen molar-refractivity contribution in [1.29, 1.82) is 0 Å². The minimum atomic E-state index is 0.152. The molecule has 0 aromatic heterocycles. The maximum Gasteiger partial charge on any atom is 0.227 e. The van der Waals surface area contributed by atoms with Crippen LogP contribution in [0.1, 0.15) is 12.0 Å². The maximum absolute atomic E-state index is 11.8. The van der Waals surface area contributed by atoms with E-state index >= 15 is 0 Å². The van der Waals surface area contributed by atoms with Gasteiger partial charge in [-0.1, -0.05) is 30.3 Å². The van der Waals surface area contributed by atoms with Gasteiger partial charge in [0.1, 0.15) is 0 Å². The number of carbonyl (C=O) groups is 1. The molecule has 1 amide bonds. The van der Waals surface area contributed by atoms with Gasteiger partial charge >= 0.3 is 0 Å². The molecule has 3 heteroatoms. The van der Waals surface area contributed by atoms with Crippen molar-refractivity contribution in [2.75, 3.05) is 7.05 Å². The lowest BCUT2D eigenvalue weighted by Gasteiger charge is -2.16. The Morgan fingerprint density at radius 1 is 1.47 bits per heavy atom. The number of likely N-dealkylation sites (N-methyl/N-ethyl adjacent to an activating group) is 1. The molecule has 2 N–H and O–H groups in total. The number of carbonyl (C=O) groups excluding carboxylic acids is 1. The molecule has 1 fully saturated rings. The lowest BCUT2D eigenvalue weighted by molar-refractivity contribution is -0.129. The third-order valence-electron chi connectivity index (χ3n) is 2.89. The van der Waals surface area contributed by atoms with Crippen molar-refractivity contribution >= 4 is 5.91 Å². The van der Waals surface area contributed by atoms with Crippen molar-refractivity contribution < 1.29 is 4.79 Å². The second-order valence-electron chi connectivity index (χ2n) is 4.13. The summed E-state index contributed by atoms with van der Waals surface area (Å²) in [6.45, 7) is 0. The highest BCUT2D eigenvalue weighted by atomic mass is 16.2. The number of nitrogens with two attached hydrogens (primary N) is 1. The molecule has 0 radical (unpaired) electrons. The summed E-state index contributed by atoms with van der Waals surface area (Å²) in [5.41, 5.74) is 6.76. The van der Waals surface area contributed by atoms with E-state index in [9.17, 15) is 4.79 Å². The van der Waals surface area contributed by atoms with Crippen molar-refractivity contribution in [2.24, 2.45) is 5.73 Å². The minimum absolute atomic E-state index is 0.152. The van der Waals surface area contributed by atoms with Gasteiger partial charge in [-0.15, -0.1) is 0 Å². The highest BCUT2D eigenvalue weighted by Crippen LogP contribution is 2.24. The average Bonchev–Trinajstić information content (AvgIpc) is 2.96. The van der Waals surface area contributed by atoms with E-state index in [4.69, 9.17) is 5.73 Å². The molecule has 2 atom stereocenters. The van der Waals surface area contributed by atoms with E-state index in [1.165, 1.54) is 0 Å². The molecular weight excluding hydrogens is 188 g/mol. The third kappa shape index (κ3) is 2.36. The number of hydrogen-bond acceptors (Lipinski definition) is 2. The Labute approximate surface area is 89.9 Å². The predicted octanol–water partition coefficient (Wildman–Crippen LogP) is 0.787. The van der Waals surface area contributed by atoms with Crippen LogP contribution in [0.2, 0.25) is 0 Å². The van der Waals surface area contributed by atoms with E-state index in [-0.39, 0.29) is 18.0 Å². The molecular formula is C12H16N2O. The fourth-order valence-corrected chi connectivity index (χ4v) is 1.73. The fourth-order valence-electron chi connectivity index (χ4n) is 1.73. The molecule has 0 aliphatic heterocycles. The first-order chi connectivity index (χ1) is 7.18. The molecule has 1 saturated carbocycles. The molecule has 1 aliphatic carbocycles. The van der Waals surface area contributed by atoms with Gasteiger partial charge in [-0.25, -0.2) is 0 Å². The van der Waals surface area contributed by atoms with Crippen LogP contribution in [0.3, 0.4) is 0 Å². The van der Waals surface area contributed by atoms with Crippen molar-refractivity contribution in [2.45, 2.75) is 24.9 Å². The molecule has 1 aromatic carbocycles. The molecule has 80 valence electrons. The molecule has 0 saturated heterocycles. The summed E-state index contributed by atoms with van der Waals surface area (Å²) in [7, 11) is 1.84. The first-order valence-electron chi connectivity index (χ1n) is 5.23. The maximum atomic E-state index is 11.8. The lowest BCUT2D eigenvalue weighted by Crippen LogP contribution is -2.33. The Kier molecular flexibility index (Phi) is 2.73. The van der Waals surface area contributed by atoms with Gasteiger partial charge in [0.15, 0.2) is 0 Å². The molecule has 1 aromatic rings. The van der Waals surface area contributed by atoms with Crippen LogP contribution in [0, 0.1) is 0 Å². The van der Waals surface area contributed by atoms with Gasteiger partial charge < -0.3 is 10.6 Å². The summed E-state index contributed by atoms with van der Waals surface area (Å²) < 4.78 is 0. The van der Waals surface area contributed by atoms with Gasteiger partial charge in [0.25, 0.3) is 0 Å². The summed E-state index contributed by atoms with van der Waals surface area (Å²) in [4.78, 5) is 13.6. The lowest BCUT2D eigenvalue weighted by atomic mass is 10.1. The van der Waals surface area contributed by atoms with Crippen molar-refractivity contribution in [3.05, 3.63) is 35.9 Å². The molecule has 15 heavy (non-hydrogen) atoms. The Balaban J connectivity index is 1.92. The Morgan fingerprint density at radius 2 is 2.07 bits per heavy atom. The minimum Gasteiger partial charge on any atom is -0.341 e. The van der Waals surface area contributed by atoms with E-state index in [0.29, 0.717) is 6.42 Å². The van der Waals surface area contributed by atoms with Gasteiger partial charge in [0, 0.05) is 19.1 Å². The van der Waals surface area contributed by atoms with Gasteiger partial charge in [-0.3, -0.25) is 4.79 Å². The summed E-state index contributed by atoms with van der Waals surface area (Å²) >= 11 is 0. The van der Waals surface area contributed by atoms with Crippen LogP contribution in [-0.2, 0) is 11.2 Å². The summed E-state index contributed by atoms with van der Waals surface area (Å²) in [5.74, 6) is 0.152. The molecule has 0 spiro atoms. The molecule has 2 rings (SSSR count). The summed E-state index contributed by atoms with van der Waals surface area (Å²) in [6.07, 6.45) is 1.41. The highest BCUT2D eigenvalue weighted by Gasteiger charge is 2.38. The quantitative estimate of drug-likeness (QED) is 0.791. The zero-order chi connectivity index (χ0) is 10.8. The van der Waals surface area contributed by atoms with Crippen molar-refractivity contribution in [3.8, 4) is 0 Å². The number of rotatable bonds is 3. The number of benzene rings is 1. The second-order valence-corrected chi connectivity index (χ2v) is 4.13. The van der Waals surface area contributed by atoms with Crippen LogP contribution in [0.5, 0.6) is 0 Å². The van der Waals surface area contributed by atoms with Crippen LogP contribution in [0.25, 0.3) is 0 Å². The Hall–Kier alpha value is -1.35. The van der Waals surface area contributed by atoms with Crippen molar-refractivity contribution in [3.63, 3.8) is 0 Å². The van der Waals surface area contributed by atoms with E-state index in [1.54, 1.807) is 4.90 Å². The number of nitrogens with zero attached hydrogens (tertiary/aromatic N) is 1. The van der Waals surface area contributed by atoms with Gasteiger partial charge in [-0.05, 0) is 12.0 Å². The third-order valence-corrected chi connectivity index (χ3v) is 2.89. The molecule has 2 unspecified atom stereocenters. The smallest absolute Gasteiger partial charge is 0.227 e. The molecule has 0 bridgehead atoms. The average molecular weight is 204 g/mol. The highest BCUT2D eigenvalue weighted by molar-refractivity contribution is 5.79. The van der Waals surface area contributed by atoms with E-state index in [1.807, 2.05) is 37.4 Å². The van der Waals surface area contributed by atoms with E-state index in [0.717, 1.165) is 12.0 Å². The zero-order valence-corrected chi connectivity index (χ0v) is 8.89. The number of amides is 1. The SMILES string of the molecule is CN(C(=O)Cc1ccccc1)C1CC1N. The predicted molar refractivity (Wildman–Crippen MR) is 59.3 cm³/mol. The Morgan fingerprint density at radius 3 is 2.60 bits per heavy atom. The van der Waals surface area contributed by atoms with Crippen LogP contribution in [-0.4, -0.2) is 29.9 Å². The fraction of sp³-hybridized carbons (Fsp3) is 0.417. The topological polar surface area (TPSA) is 46.3 Å². The summed E-state index contributed by atoms with van der Waals surface area (Å²) in [6, 6.07) is 10.2. The van der Waals surface area contributed by atoms with Gasteiger partial charge in [0.05, 0.1) is 6.42 Å². The Bertz CT molecular complexity index is 350. The largest absolute Gasteiger partial charge is 0.341 e. The molecule has 1 aliphatic rings. The number of hydrogen-bond donors (Lipinski definition) is 1. The van der Waals surface area contributed by atoms with Crippen LogP contribution in [0.4, 0.5) is 0 Å². The van der Waals surface area contributed by atoms with Crippen LogP contribution in [0.15, 0.2) is 30.3 Å². The molecule has 3 nitrogen and oxygen atoms in total.